The van der Waals surface area contributed by atoms with Crippen molar-refractivity contribution in [2.45, 2.75) is 11.0 Å². The predicted molar refractivity (Wildman–Crippen MR) is 65.3 cm³/mol. The van der Waals surface area contributed by atoms with Crippen LogP contribution in [-0.4, -0.2) is 20.1 Å². The number of hydrogen-bond acceptors (Lipinski definition) is 4. The highest BCUT2D eigenvalue weighted by atomic mass is 32.2. The van der Waals surface area contributed by atoms with Crippen LogP contribution in [0, 0.1) is 5.82 Å². The number of rotatable bonds is 5. The molecule has 1 aromatic heterocycles. The largest absolute Gasteiger partial charge is 0.467 e. The van der Waals surface area contributed by atoms with Crippen molar-refractivity contribution in [1.82, 2.24) is 4.72 Å². The van der Waals surface area contributed by atoms with Crippen molar-refractivity contribution >= 4 is 10.0 Å². The van der Waals surface area contributed by atoms with E-state index >= 15 is 0 Å². The smallest absolute Gasteiger partial charge is 0.240 e. The maximum absolute atomic E-state index is 12.7. The van der Waals surface area contributed by atoms with Gasteiger partial charge in [-0.05, 0) is 36.4 Å². The summed E-state index contributed by atoms with van der Waals surface area (Å²) in [5.41, 5.74) is 0. The third-order valence-corrected chi connectivity index (χ3v) is 3.90. The first-order valence-electron chi connectivity index (χ1n) is 5.46. The maximum Gasteiger partial charge on any atom is 0.240 e. The van der Waals surface area contributed by atoms with Crippen molar-refractivity contribution < 1.29 is 22.3 Å². The Balaban J connectivity index is 2.04. The van der Waals surface area contributed by atoms with E-state index in [2.05, 4.69) is 4.72 Å². The zero-order valence-corrected chi connectivity index (χ0v) is 10.6. The molecular weight excluding hydrogens is 273 g/mol. The van der Waals surface area contributed by atoms with Gasteiger partial charge in [0, 0.05) is 6.54 Å². The van der Waals surface area contributed by atoms with Crippen LogP contribution in [0.3, 0.4) is 0 Å². The van der Waals surface area contributed by atoms with Crippen molar-refractivity contribution in [3.8, 4) is 0 Å². The van der Waals surface area contributed by atoms with Crippen LogP contribution in [0.15, 0.2) is 52.0 Å². The zero-order valence-electron chi connectivity index (χ0n) is 9.78. The van der Waals surface area contributed by atoms with Gasteiger partial charge in [0.1, 0.15) is 17.7 Å². The Bertz CT molecular complexity index is 622. The summed E-state index contributed by atoms with van der Waals surface area (Å²) in [6.07, 6.45) is 0.303. The van der Waals surface area contributed by atoms with Crippen LogP contribution in [0.2, 0.25) is 0 Å². The summed E-state index contributed by atoms with van der Waals surface area (Å²) in [4.78, 5) is -0.0689. The molecule has 0 aliphatic rings. The van der Waals surface area contributed by atoms with Crippen LogP contribution in [0.5, 0.6) is 0 Å². The second-order valence-electron chi connectivity index (χ2n) is 3.84. The topological polar surface area (TPSA) is 79.5 Å². The van der Waals surface area contributed by atoms with Gasteiger partial charge in [-0.3, -0.25) is 0 Å². The van der Waals surface area contributed by atoms with E-state index in [1.807, 2.05) is 0 Å². The van der Waals surface area contributed by atoms with E-state index in [1.54, 1.807) is 6.07 Å². The van der Waals surface area contributed by atoms with Crippen molar-refractivity contribution in [2.24, 2.45) is 0 Å². The lowest BCUT2D eigenvalue weighted by atomic mass is 10.3. The SMILES string of the molecule is O=S(=O)(NCC(O)c1ccco1)c1ccc(F)cc1. The van der Waals surface area contributed by atoms with E-state index in [-0.39, 0.29) is 17.2 Å². The van der Waals surface area contributed by atoms with Gasteiger partial charge < -0.3 is 9.52 Å². The molecule has 1 heterocycles. The quantitative estimate of drug-likeness (QED) is 0.871. The molecule has 0 radical (unpaired) electrons. The van der Waals surface area contributed by atoms with Crippen LogP contribution in [-0.2, 0) is 10.0 Å². The lowest BCUT2D eigenvalue weighted by molar-refractivity contribution is 0.154. The van der Waals surface area contributed by atoms with E-state index in [4.69, 9.17) is 4.42 Å². The van der Waals surface area contributed by atoms with Gasteiger partial charge >= 0.3 is 0 Å². The second kappa shape index (κ2) is 5.52. The highest BCUT2D eigenvalue weighted by molar-refractivity contribution is 7.89. The number of halogens is 1. The molecular formula is C12H12FNO4S. The fourth-order valence-electron chi connectivity index (χ4n) is 1.47. The van der Waals surface area contributed by atoms with Gasteiger partial charge in [-0.2, -0.15) is 0 Å². The molecule has 1 aromatic carbocycles. The minimum Gasteiger partial charge on any atom is -0.467 e. The molecule has 2 N–H and O–H groups in total. The number of nitrogens with one attached hydrogen (secondary N) is 1. The Labute approximate surface area is 109 Å². The standard InChI is InChI=1S/C12H12FNO4S/c13-9-3-5-10(6-4-9)19(16,17)14-8-11(15)12-2-1-7-18-12/h1-7,11,14-15H,8H2. The van der Waals surface area contributed by atoms with E-state index in [1.165, 1.54) is 12.3 Å². The van der Waals surface area contributed by atoms with Gasteiger partial charge in [-0.1, -0.05) is 0 Å². The highest BCUT2D eigenvalue weighted by Crippen LogP contribution is 2.14. The summed E-state index contributed by atoms with van der Waals surface area (Å²) < 4.78 is 43.6. The fraction of sp³-hybridized carbons (Fsp3) is 0.167. The molecule has 7 heteroatoms. The first kappa shape index (κ1) is 13.7. The zero-order chi connectivity index (χ0) is 13.9. The number of aliphatic hydroxyl groups excluding tert-OH is 1. The molecule has 5 nitrogen and oxygen atoms in total. The molecule has 0 spiro atoms. The normalized spacial score (nSPS) is 13.4. The van der Waals surface area contributed by atoms with Crippen molar-refractivity contribution in [3.05, 3.63) is 54.2 Å². The molecule has 102 valence electrons. The van der Waals surface area contributed by atoms with Gasteiger partial charge in [0.25, 0.3) is 0 Å². The van der Waals surface area contributed by atoms with E-state index in [0.29, 0.717) is 0 Å². The van der Waals surface area contributed by atoms with E-state index in [9.17, 15) is 17.9 Å². The molecule has 0 fully saturated rings. The van der Waals surface area contributed by atoms with Gasteiger partial charge in [0.05, 0.1) is 11.2 Å². The number of sulfonamides is 1. The molecule has 0 bridgehead atoms. The van der Waals surface area contributed by atoms with Crippen LogP contribution in [0.4, 0.5) is 4.39 Å². The minimum absolute atomic E-state index is 0.0689. The average molecular weight is 285 g/mol. The summed E-state index contributed by atoms with van der Waals surface area (Å²) in [6.45, 7) is -0.229. The average Bonchev–Trinajstić information content (AvgIpc) is 2.90. The Morgan fingerprint density at radius 3 is 2.53 bits per heavy atom. The number of benzene rings is 1. The molecule has 1 unspecified atom stereocenters. The van der Waals surface area contributed by atoms with E-state index < -0.39 is 21.9 Å². The Morgan fingerprint density at radius 2 is 1.95 bits per heavy atom. The Morgan fingerprint density at radius 1 is 1.26 bits per heavy atom. The number of furan rings is 1. The van der Waals surface area contributed by atoms with Gasteiger partial charge in [-0.25, -0.2) is 17.5 Å². The number of aliphatic hydroxyl groups is 1. The predicted octanol–water partition coefficient (Wildman–Crippen LogP) is 1.43. The second-order valence-corrected chi connectivity index (χ2v) is 5.60. The molecule has 2 rings (SSSR count). The number of hydrogen-bond donors (Lipinski definition) is 2. The molecule has 0 aliphatic heterocycles. The molecule has 0 saturated heterocycles. The monoisotopic (exact) mass is 285 g/mol. The van der Waals surface area contributed by atoms with Gasteiger partial charge in [0.15, 0.2) is 0 Å². The highest BCUT2D eigenvalue weighted by Gasteiger charge is 2.17. The molecule has 1 atom stereocenters. The third kappa shape index (κ3) is 3.40. The summed E-state index contributed by atoms with van der Waals surface area (Å²) in [5.74, 6) is -0.253. The lowest BCUT2D eigenvalue weighted by Crippen LogP contribution is -2.28. The Hall–Kier alpha value is -1.70. The molecule has 0 amide bonds. The van der Waals surface area contributed by atoms with Crippen molar-refractivity contribution in [2.75, 3.05) is 6.54 Å². The maximum atomic E-state index is 12.7. The summed E-state index contributed by atoms with van der Waals surface area (Å²) in [6, 6.07) is 7.53. The minimum atomic E-state index is -3.78. The lowest BCUT2D eigenvalue weighted by Gasteiger charge is -2.10. The Kier molecular flexibility index (Phi) is 3.98. The first-order valence-corrected chi connectivity index (χ1v) is 6.94. The molecule has 19 heavy (non-hydrogen) atoms. The van der Waals surface area contributed by atoms with Crippen molar-refractivity contribution in [1.29, 1.82) is 0 Å². The van der Waals surface area contributed by atoms with Gasteiger partial charge in [0.2, 0.25) is 10.0 Å². The van der Waals surface area contributed by atoms with E-state index in [0.717, 1.165) is 24.3 Å². The molecule has 0 saturated carbocycles. The first-order chi connectivity index (χ1) is 8.99. The fourth-order valence-corrected chi connectivity index (χ4v) is 2.51. The van der Waals surface area contributed by atoms with Crippen LogP contribution >= 0.6 is 0 Å². The van der Waals surface area contributed by atoms with Crippen molar-refractivity contribution in [3.63, 3.8) is 0 Å². The van der Waals surface area contributed by atoms with Crippen LogP contribution < -0.4 is 4.72 Å². The van der Waals surface area contributed by atoms with Gasteiger partial charge in [-0.15, -0.1) is 0 Å². The van der Waals surface area contributed by atoms with Crippen LogP contribution in [0.1, 0.15) is 11.9 Å². The van der Waals surface area contributed by atoms with Crippen LogP contribution in [0.25, 0.3) is 0 Å². The summed E-state index contributed by atoms with van der Waals surface area (Å²) in [5, 5.41) is 9.68. The summed E-state index contributed by atoms with van der Waals surface area (Å²) >= 11 is 0. The summed E-state index contributed by atoms with van der Waals surface area (Å²) in [7, 11) is -3.78. The third-order valence-electron chi connectivity index (χ3n) is 2.46. The molecule has 0 aliphatic carbocycles. The molecule has 2 aromatic rings.